The van der Waals surface area contributed by atoms with Crippen LogP contribution in [-0.4, -0.2) is 20.3 Å². The molecule has 0 radical (unpaired) electrons. The number of rotatable bonds is 5. The molecule has 6 nitrogen and oxygen atoms in total. The standard InChI is InChI=1S/C21H20N4O2/c1-14-7-3-4-9-17(14)21-24-18(15(2)27-21)11-20(26)23-13-19-22-12-16-8-5-6-10-25(16)19/h3-10,12H,11,13H2,1-2H3,(H,23,26). The Bertz CT molecular complexity index is 1110. The van der Waals surface area contributed by atoms with Crippen molar-refractivity contribution in [3.63, 3.8) is 0 Å². The van der Waals surface area contributed by atoms with Crippen LogP contribution in [0.3, 0.4) is 0 Å². The van der Waals surface area contributed by atoms with Gasteiger partial charge in [0.05, 0.1) is 30.4 Å². The highest BCUT2D eigenvalue weighted by molar-refractivity contribution is 5.78. The number of aromatic nitrogens is 3. The number of hydrogen-bond donors (Lipinski definition) is 1. The largest absolute Gasteiger partial charge is 0.441 e. The third kappa shape index (κ3) is 3.46. The van der Waals surface area contributed by atoms with Crippen molar-refractivity contribution in [2.75, 3.05) is 0 Å². The first kappa shape index (κ1) is 17.0. The summed E-state index contributed by atoms with van der Waals surface area (Å²) in [7, 11) is 0. The van der Waals surface area contributed by atoms with Crippen LogP contribution in [0.4, 0.5) is 0 Å². The molecule has 3 aromatic heterocycles. The second kappa shape index (κ2) is 7.07. The molecule has 0 spiro atoms. The van der Waals surface area contributed by atoms with E-state index in [4.69, 9.17) is 4.42 Å². The molecule has 4 rings (SSSR count). The van der Waals surface area contributed by atoms with E-state index in [2.05, 4.69) is 15.3 Å². The minimum absolute atomic E-state index is 0.115. The maximum atomic E-state index is 12.4. The van der Waals surface area contributed by atoms with E-state index in [9.17, 15) is 4.79 Å². The molecule has 4 aromatic rings. The van der Waals surface area contributed by atoms with Crippen LogP contribution in [0.5, 0.6) is 0 Å². The molecule has 1 amide bonds. The molecule has 0 bridgehead atoms. The van der Waals surface area contributed by atoms with E-state index in [1.807, 2.05) is 66.9 Å². The van der Waals surface area contributed by atoms with Gasteiger partial charge in [-0.1, -0.05) is 24.3 Å². The third-order valence-corrected chi connectivity index (χ3v) is 4.56. The maximum absolute atomic E-state index is 12.4. The summed E-state index contributed by atoms with van der Waals surface area (Å²) in [5.74, 6) is 1.88. The summed E-state index contributed by atoms with van der Waals surface area (Å²) >= 11 is 0. The van der Waals surface area contributed by atoms with E-state index in [1.165, 1.54) is 0 Å². The fourth-order valence-electron chi connectivity index (χ4n) is 3.04. The zero-order valence-corrected chi connectivity index (χ0v) is 15.3. The average molecular weight is 360 g/mol. The molecule has 0 saturated heterocycles. The van der Waals surface area contributed by atoms with Crippen molar-refractivity contribution in [3.8, 4) is 11.5 Å². The van der Waals surface area contributed by atoms with Crippen LogP contribution in [0.15, 0.2) is 59.3 Å². The van der Waals surface area contributed by atoms with Crippen molar-refractivity contribution in [3.05, 3.63) is 77.7 Å². The van der Waals surface area contributed by atoms with Gasteiger partial charge in [0.1, 0.15) is 11.6 Å². The lowest BCUT2D eigenvalue weighted by Crippen LogP contribution is -2.26. The number of nitrogens with zero attached hydrogens (tertiary/aromatic N) is 3. The van der Waals surface area contributed by atoms with Crippen molar-refractivity contribution >= 4 is 11.4 Å². The molecule has 0 aliphatic rings. The summed E-state index contributed by atoms with van der Waals surface area (Å²) < 4.78 is 7.74. The van der Waals surface area contributed by atoms with E-state index in [1.54, 1.807) is 6.20 Å². The lowest BCUT2D eigenvalue weighted by Gasteiger charge is -2.04. The predicted molar refractivity (Wildman–Crippen MR) is 102 cm³/mol. The Labute approximate surface area is 156 Å². The smallest absolute Gasteiger partial charge is 0.226 e. The Morgan fingerprint density at radius 3 is 2.81 bits per heavy atom. The molecule has 0 aliphatic heterocycles. The van der Waals surface area contributed by atoms with Gasteiger partial charge in [-0.25, -0.2) is 9.97 Å². The molecule has 0 atom stereocenters. The van der Waals surface area contributed by atoms with Gasteiger partial charge in [0.15, 0.2) is 0 Å². The van der Waals surface area contributed by atoms with E-state index < -0.39 is 0 Å². The van der Waals surface area contributed by atoms with Crippen molar-refractivity contribution in [1.82, 2.24) is 19.7 Å². The summed E-state index contributed by atoms with van der Waals surface area (Å²) in [6, 6.07) is 13.8. The first-order valence-corrected chi connectivity index (χ1v) is 8.82. The molecule has 136 valence electrons. The Morgan fingerprint density at radius 1 is 1.15 bits per heavy atom. The Morgan fingerprint density at radius 2 is 1.96 bits per heavy atom. The number of aryl methyl sites for hydroxylation is 2. The monoisotopic (exact) mass is 360 g/mol. The summed E-state index contributed by atoms with van der Waals surface area (Å²) in [6.07, 6.45) is 3.89. The molecule has 0 saturated carbocycles. The Kier molecular flexibility index (Phi) is 4.46. The van der Waals surface area contributed by atoms with Gasteiger partial charge < -0.3 is 14.1 Å². The van der Waals surface area contributed by atoms with Crippen LogP contribution in [0.2, 0.25) is 0 Å². The summed E-state index contributed by atoms with van der Waals surface area (Å²) in [4.78, 5) is 21.3. The van der Waals surface area contributed by atoms with Crippen molar-refractivity contribution in [2.45, 2.75) is 26.8 Å². The zero-order chi connectivity index (χ0) is 18.8. The number of amides is 1. The number of benzene rings is 1. The first-order valence-electron chi connectivity index (χ1n) is 8.82. The number of fused-ring (bicyclic) bond motifs is 1. The highest BCUT2D eigenvalue weighted by Crippen LogP contribution is 2.24. The van der Waals surface area contributed by atoms with Gasteiger partial charge in [0, 0.05) is 11.8 Å². The number of imidazole rings is 1. The van der Waals surface area contributed by atoms with Crippen molar-refractivity contribution in [1.29, 1.82) is 0 Å². The van der Waals surface area contributed by atoms with Gasteiger partial charge in [-0.05, 0) is 37.6 Å². The summed E-state index contributed by atoms with van der Waals surface area (Å²) in [5.41, 5.74) is 3.67. The van der Waals surface area contributed by atoms with Crippen LogP contribution < -0.4 is 5.32 Å². The zero-order valence-electron chi connectivity index (χ0n) is 15.3. The van der Waals surface area contributed by atoms with Crippen LogP contribution in [0.25, 0.3) is 17.0 Å². The number of hydrogen-bond acceptors (Lipinski definition) is 4. The van der Waals surface area contributed by atoms with Crippen LogP contribution in [0, 0.1) is 13.8 Å². The predicted octanol–water partition coefficient (Wildman–Crippen LogP) is 3.47. The lowest BCUT2D eigenvalue weighted by atomic mass is 10.1. The highest BCUT2D eigenvalue weighted by atomic mass is 16.4. The Hall–Kier alpha value is -3.41. The maximum Gasteiger partial charge on any atom is 0.226 e. The molecule has 3 heterocycles. The van der Waals surface area contributed by atoms with Gasteiger partial charge in [-0.3, -0.25) is 4.79 Å². The molecule has 0 unspecified atom stereocenters. The third-order valence-electron chi connectivity index (χ3n) is 4.56. The van der Waals surface area contributed by atoms with Gasteiger partial charge in [-0.15, -0.1) is 0 Å². The number of oxazole rings is 1. The minimum Gasteiger partial charge on any atom is -0.441 e. The lowest BCUT2D eigenvalue weighted by molar-refractivity contribution is -0.120. The number of carbonyl (C=O) groups is 1. The normalized spacial score (nSPS) is 11.0. The highest BCUT2D eigenvalue weighted by Gasteiger charge is 2.16. The second-order valence-corrected chi connectivity index (χ2v) is 6.46. The first-order chi connectivity index (χ1) is 13.1. The van der Waals surface area contributed by atoms with Gasteiger partial charge in [-0.2, -0.15) is 0 Å². The van der Waals surface area contributed by atoms with Crippen LogP contribution in [-0.2, 0) is 17.8 Å². The van der Waals surface area contributed by atoms with E-state index in [0.29, 0.717) is 23.9 Å². The van der Waals surface area contributed by atoms with Crippen molar-refractivity contribution in [2.24, 2.45) is 0 Å². The van der Waals surface area contributed by atoms with Crippen LogP contribution >= 0.6 is 0 Å². The topological polar surface area (TPSA) is 72.4 Å². The molecule has 1 aromatic carbocycles. The van der Waals surface area contributed by atoms with Gasteiger partial charge in [0.2, 0.25) is 11.8 Å². The molecule has 0 aliphatic carbocycles. The van der Waals surface area contributed by atoms with E-state index in [0.717, 1.165) is 22.5 Å². The number of pyridine rings is 1. The summed E-state index contributed by atoms with van der Waals surface area (Å²) in [6.45, 7) is 4.20. The minimum atomic E-state index is -0.115. The van der Waals surface area contributed by atoms with Crippen molar-refractivity contribution < 1.29 is 9.21 Å². The molecular weight excluding hydrogens is 340 g/mol. The quantitative estimate of drug-likeness (QED) is 0.591. The molecular formula is C21H20N4O2. The van der Waals surface area contributed by atoms with Gasteiger partial charge >= 0.3 is 0 Å². The SMILES string of the molecule is Cc1ccccc1-c1nc(CC(=O)NCc2ncc3ccccn23)c(C)o1. The fourth-order valence-corrected chi connectivity index (χ4v) is 3.04. The van der Waals surface area contributed by atoms with E-state index in [-0.39, 0.29) is 12.3 Å². The fraction of sp³-hybridized carbons (Fsp3) is 0.190. The number of nitrogens with one attached hydrogen (secondary N) is 1. The molecule has 27 heavy (non-hydrogen) atoms. The van der Waals surface area contributed by atoms with Crippen LogP contribution in [0.1, 0.15) is 22.8 Å². The summed E-state index contributed by atoms with van der Waals surface area (Å²) in [5, 5.41) is 2.91. The van der Waals surface area contributed by atoms with Gasteiger partial charge in [0.25, 0.3) is 0 Å². The molecule has 1 N–H and O–H groups in total. The Balaban J connectivity index is 1.45. The molecule has 0 fully saturated rings. The second-order valence-electron chi connectivity index (χ2n) is 6.46. The molecule has 6 heteroatoms. The average Bonchev–Trinajstić information content (AvgIpc) is 3.24. The number of carbonyl (C=O) groups excluding carboxylic acids is 1. The van der Waals surface area contributed by atoms with E-state index >= 15 is 0 Å².